The van der Waals surface area contributed by atoms with E-state index in [1.165, 1.54) is 81.2 Å². The predicted molar refractivity (Wildman–Crippen MR) is 323 cm³/mol. The van der Waals surface area contributed by atoms with E-state index in [-0.39, 0.29) is 5.41 Å². The first-order valence-corrected chi connectivity index (χ1v) is 27.1. The molecule has 11 aromatic carbocycles. The van der Waals surface area contributed by atoms with Gasteiger partial charge in [0.25, 0.3) is 0 Å². The van der Waals surface area contributed by atoms with Crippen LogP contribution in [-0.4, -0.2) is 19.5 Å². The average molecular weight is 1000 g/mol. The third-order valence-electron chi connectivity index (χ3n) is 15.8. The fraction of sp³-hybridized carbons (Fsp3) is 0.0417. The van der Waals surface area contributed by atoms with Crippen molar-refractivity contribution in [3.63, 3.8) is 0 Å². The summed E-state index contributed by atoms with van der Waals surface area (Å²) in [7, 11) is 0. The number of para-hydroxylation sites is 1. The lowest BCUT2D eigenvalue weighted by atomic mass is 9.82. The summed E-state index contributed by atoms with van der Waals surface area (Å²) < 4.78 is 4.85. The molecule has 0 unspecified atom stereocenters. The molecule has 0 fully saturated rings. The Bertz CT molecular complexity index is 4590. The zero-order chi connectivity index (χ0) is 51.2. The molecule has 0 radical (unpaired) electrons. The van der Waals surface area contributed by atoms with Crippen LogP contribution in [0.1, 0.15) is 25.0 Å². The van der Waals surface area contributed by atoms with Crippen molar-refractivity contribution in [2.24, 2.45) is 0 Å². The van der Waals surface area contributed by atoms with E-state index in [4.69, 9.17) is 15.0 Å². The van der Waals surface area contributed by atoms with Gasteiger partial charge in [0.1, 0.15) is 0 Å². The third kappa shape index (κ3) is 7.53. The van der Waals surface area contributed by atoms with Gasteiger partial charge in [-0.1, -0.05) is 196 Å². The second kappa shape index (κ2) is 17.8. The highest BCUT2D eigenvalue weighted by Crippen LogP contribution is 2.50. The van der Waals surface area contributed by atoms with Crippen LogP contribution in [0.5, 0.6) is 0 Å². The first-order valence-electron chi connectivity index (χ1n) is 26.3. The molecule has 1 aliphatic carbocycles. The molecule has 0 saturated carbocycles. The van der Waals surface area contributed by atoms with E-state index in [9.17, 15) is 0 Å². The second-order valence-corrected chi connectivity index (χ2v) is 21.8. The molecular formula is C72H48N4S. The normalized spacial score (nSPS) is 12.6. The Morgan fingerprint density at radius 3 is 1.58 bits per heavy atom. The second-order valence-electron chi connectivity index (χ2n) is 20.8. The number of thiophene rings is 1. The molecule has 14 aromatic rings. The number of fused-ring (bicyclic) bond motifs is 9. The van der Waals surface area contributed by atoms with Crippen LogP contribution in [0.2, 0.25) is 0 Å². The summed E-state index contributed by atoms with van der Waals surface area (Å²) in [5.74, 6) is 1.89. The number of benzene rings is 11. The quantitative estimate of drug-likeness (QED) is 0.152. The van der Waals surface area contributed by atoms with E-state index in [0.717, 1.165) is 49.9 Å². The van der Waals surface area contributed by atoms with Gasteiger partial charge in [0, 0.05) is 58.7 Å². The summed E-state index contributed by atoms with van der Waals surface area (Å²) in [6.45, 7) is 4.71. The van der Waals surface area contributed by atoms with Gasteiger partial charge in [-0.2, -0.15) is 0 Å². The Labute approximate surface area is 450 Å². The Morgan fingerprint density at radius 2 is 0.831 bits per heavy atom. The molecule has 1 aliphatic rings. The number of rotatable bonds is 8. The molecule has 0 aliphatic heterocycles. The fourth-order valence-corrected chi connectivity index (χ4v) is 13.1. The highest BCUT2D eigenvalue weighted by Gasteiger charge is 2.35. The van der Waals surface area contributed by atoms with E-state index in [1.54, 1.807) is 0 Å². The van der Waals surface area contributed by atoms with E-state index in [0.29, 0.717) is 17.5 Å². The Hall–Kier alpha value is -9.55. The molecule has 362 valence electrons. The molecule has 5 heteroatoms. The largest absolute Gasteiger partial charge is 0.309 e. The molecule has 0 amide bonds. The minimum atomic E-state index is -0.0921. The Kier molecular flexibility index (Phi) is 10.4. The molecule has 0 bridgehead atoms. The lowest BCUT2D eigenvalue weighted by Gasteiger charge is -2.22. The number of nitrogens with zero attached hydrogens (tertiary/aromatic N) is 4. The standard InChI is InChI=1S/C72H48N4S/c1-72(2)62-29-14-12-26-56(62)57-35-34-55(44-63(57)72)76-64-30-15-13-27-58(64)60-42-49(32-36-65(60)76)50-33-37-66-61(43-50)68-59(28-17-31-67(68)77-66)71-74-69(47-22-10-5-11-23-47)73-70(75-71)51-25-16-24-48(38-51)54-40-52(45-18-6-3-7-19-45)39-53(41-54)46-20-8-4-9-21-46/h3-44H,1-2H3. The predicted octanol–water partition coefficient (Wildman–Crippen LogP) is 19.3. The van der Waals surface area contributed by atoms with Crippen LogP contribution in [0, 0.1) is 0 Å². The SMILES string of the molecule is CC1(C)c2ccccc2-c2ccc(-n3c4ccccc4c4cc(-c5ccc6sc7cccc(-c8nc(-c9ccccc9)nc(-c9cccc(-c%10cc(-c%11ccccc%11)cc(-c%11ccccc%11)c%10)c9)n8)c7c6c5)ccc43)cc21. The first kappa shape index (κ1) is 44.9. The number of aromatic nitrogens is 4. The number of hydrogen-bond acceptors (Lipinski definition) is 4. The lowest BCUT2D eigenvalue weighted by Crippen LogP contribution is -2.15. The molecule has 0 spiro atoms. The fourth-order valence-electron chi connectivity index (χ4n) is 12.0. The molecule has 4 nitrogen and oxygen atoms in total. The molecule has 0 saturated heterocycles. The van der Waals surface area contributed by atoms with Crippen LogP contribution in [0.4, 0.5) is 0 Å². The molecule has 15 rings (SSSR count). The summed E-state index contributed by atoms with van der Waals surface area (Å²) in [6.07, 6.45) is 0. The average Bonchev–Trinajstić information content (AvgIpc) is 4.25. The maximum Gasteiger partial charge on any atom is 0.164 e. The minimum absolute atomic E-state index is 0.0921. The van der Waals surface area contributed by atoms with Crippen molar-refractivity contribution < 1.29 is 0 Å². The van der Waals surface area contributed by atoms with Gasteiger partial charge in [-0.3, -0.25) is 0 Å². The molecule has 77 heavy (non-hydrogen) atoms. The highest BCUT2D eigenvalue weighted by molar-refractivity contribution is 7.26. The van der Waals surface area contributed by atoms with Gasteiger partial charge in [0.15, 0.2) is 17.5 Å². The van der Waals surface area contributed by atoms with Gasteiger partial charge in [0.2, 0.25) is 0 Å². The van der Waals surface area contributed by atoms with Gasteiger partial charge in [-0.15, -0.1) is 11.3 Å². The Morgan fingerprint density at radius 1 is 0.312 bits per heavy atom. The van der Waals surface area contributed by atoms with Crippen LogP contribution in [0.25, 0.3) is 137 Å². The van der Waals surface area contributed by atoms with Gasteiger partial charge < -0.3 is 4.57 Å². The van der Waals surface area contributed by atoms with Crippen molar-refractivity contribution in [3.8, 4) is 95.5 Å². The summed E-state index contributed by atoms with van der Waals surface area (Å²) in [6, 6.07) is 92.2. The highest BCUT2D eigenvalue weighted by atomic mass is 32.1. The van der Waals surface area contributed by atoms with Crippen LogP contribution in [0.15, 0.2) is 255 Å². The van der Waals surface area contributed by atoms with Crippen molar-refractivity contribution in [3.05, 3.63) is 266 Å². The minimum Gasteiger partial charge on any atom is -0.309 e. The van der Waals surface area contributed by atoms with Crippen molar-refractivity contribution in [1.82, 2.24) is 19.5 Å². The molecular weight excluding hydrogens is 953 g/mol. The lowest BCUT2D eigenvalue weighted by molar-refractivity contribution is 0.660. The monoisotopic (exact) mass is 1000 g/mol. The van der Waals surface area contributed by atoms with Crippen LogP contribution in [0.3, 0.4) is 0 Å². The van der Waals surface area contributed by atoms with Gasteiger partial charge in [-0.25, -0.2) is 15.0 Å². The van der Waals surface area contributed by atoms with Gasteiger partial charge >= 0.3 is 0 Å². The van der Waals surface area contributed by atoms with E-state index in [2.05, 4.69) is 255 Å². The third-order valence-corrected chi connectivity index (χ3v) is 17.0. The zero-order valence-electron chi connectivity index (χ0n) is 42.4. The summed E-state index contributed by atoms with van der Waals surface area (Å²) >= 11 is 1.81. The number of hydrogen-bond donors (Lipinski definition) is 0. The van der Waals surface area contributed by atoms with Crippen LogP contribution >= 0.6 is 11.3 Å². The van der Waals surface area contributed by atoms with Crippen molar-refractivity contribution in [2.75, 3.05) is 0 Å². The Balaban J connectivity index is 0.847. The molecule has 0 atom stereocenters. The topological polar surface area (TPSA) is 43.6 Å². The molecule has 3 heterocycles. The first-order chi connectivity index (χ1) is 37.9. The van der Waals surface area contributed by atoms with Gasteiger partial charge in [0.05, 0.1) is 11.0 Å². The molecule has 3 aromatic heterocycles. The maximum absolute atomic E-state index is 5.39. The van der Waals surface area contributed by atoms with Crippen molar-refractivity contribution in [2.45, 2.75) is 19.3 Å². The summed E-state index contributed by atoms with van der Waals surface area (Å²) in [5, 5.41) is 4.79. The van der Waals surface area contributed by atoms with Crippen LogP contribution in [-0.2, 0) is 5.41 Å². The van der Waals surface area contributed by atoms with E-state index < -0.39 is 0 Å². The molecule has 0 N–H and O–H groups in total. The van der Waals surface area contributed by atoms with Crippen molar-refractivity contribution in [1.29, 1.82) is 0 Å². The summed E-state index contributed by atoms with van der Waals surface area (Å²) in [5.41, 5.74) is 20.9. The smallest absolute Gasteiger partial charge is 0.164 e. The van der Waals surface area contributed by atoms with Crippen LogP contribution < -0.4 is 0 Å². The van der Waals surface area contributed by atoms with Crippen molar-refractivity contribution >= 4 is 53.3 Å². The van der Waals surface area contributed by atoms with E-state index in [1.807, 2.05) is 29.5 Å². The maximum atomic E-state index is 5.39. The summed E-state index contributed by atoms with van der Waals surface area (Å²) in [4.78, 5) is 15.9. The van der Waals surface area contributed by atoms with Gasteiger partial charge in [-0.05, 0) is 140 Å². The zero-order valence-corrected chi connectivity index (χ0v) is 43.3. The van der Waals surface area contributed by atoms with E-state index >= 15 is 0 Å².